The van der Waals surface area contributed by atoms with Crippen LogP contribution in [0.5, 0.6) is 11.5 Å². The fourth-order valence-corrected chi connectivity index (χ4v) is 4.00. The molecule has 0 aliphatic heterocycles. The monoisotopic (exact) mass is 480 g/mol. The first-order valence-electron chi connectivity index (χ1n) is 9.65. The zero-order chi connectivity index (χ0) is 22.2. The number of carbonyl (C=O) groups excluding carboxylic acids is 1. The van der Waals surface area contributed by atoms with E-state index in [4.69, 9.17) is 32.7 Å². The molecule has 0 saturated heterocycles. The molecule has 0 bridgehead atoms. The molecule has 31 heavy (non-hydrogen) atoms. The molecule has 1 amide bonds. The number of rotatable bonds is 10. The van der Waals surface area contributed by atoms with Crippen molar-refractivity contribution in [2.45, 2.75) is 32.2 Å². The first-order chi connectivity index (χ1) is 15.0. The zero-order valence-corrected chi connectivity index (χ0v) is 19.4. The molecule has 0 atom stereocenters. The molecule has 3 aromatic rings. The third kappa shape index (κ3) is 6.53. The SMILES string of the molecule is CCOc1ccc(NC(=O)CSc2nnc(COc3ccc(Cl)cc3Cl)n2CC)cc1. The lowest BCUT2D eigenvalue weighted by molar-refractivity contribution is -0.113. The number of hydrogen-bond acceptors (Lipinski definition) is 6. The van der Waals surface area contributed by atoms with Crippen LogP contribution in [0.1, 0.15) is 19.7 Å². The van der Waals surface area contributed by atoms with E-state index < -0.39 is 0 Å². The van der Waals surface area contributed by atoms with Gasteiger partial charge in [0.1, 0.15) is 18.1 Å². The van der Waals surface area contributed by atoms with Crippen LogP contribution in [0.15, 0.2) is 47.6 Å². The minimum absolute atomic E-state index is 0.134. The molecule has 0 fully saturated rings. The number of thioether (sulfide) groups is 1. The summed E-state index contributed by atoms with van der Waals surface area (Å²) in [5.74, 6) is 1.99. The number of carbonyl (C=O) groups is 1. The van der Waals surface area contributed by atoms with Gasteiger partial charge in [-0.2, -0.15) is 0 Å². The van der Waals surface area contributed by atoms with E-state index in [9.17, 15) is 4.79 Å². The molecule has 1 aromatic heterocycles. The summed E-state index contributed by atoms with van der Waals surface area (Å²) in [5.41, 5.74) is 0.708. The van der Waals surface area contributed by atoms with Crippen molar-refractivity contribution in [3.05, 3.63) is 58.3 Å². The molecule has 1 N–H and O–H groups in total. The summed E-state index contributed by atoms with van der Waals surface area (Å²) >= 11 is 13.4. The van der Waals surface area contributed by atoms with Gasteiger partial charge in [-0.25, -0.2) is 0 Å². The smallest absolute Gasteiger partial charge is 0.234 e. The molecule has 10 heteroatoms. The van der Waals surface area contributed by atoms with Crippen LogP contribution in [0, 0.1) is 0 Å². The molecule has 1 heterocycles. The lowest BCUT2D eigenvalue weighted by atomic mass is 10.3. The number of anilines is 1. The largest absolute Gasteiger partial charge is 0.494 e. The second-order valence-corrected chi connectivity index (χ2v) is 8.09. The van der Waals surface area contributed by atoms with Crippen LogP contribution >= 0.6 is 35.0 Å². The van der Waals surface area contributed by atoms with Crippen LogP contribution in [-0.2, 0) is 17.9 Å². The molecule has 0 spiro atoms. The predicted molar refractivity (Wildman–Crippen MR) is 123 cm³/mol. The predicted octanol–water partition coefficient (Wildman–Crippen LogP) is 5.31. The summed E-state index contributed by atoms with van der Waals surface area (Å²) in [6.45, 7) is 5.34. The van der Waals surface area contributed by atoms with E-state index >= 15 is 0 Å². The van der Waals surface area contributed by atoms with Crippen LogP contribution in [0.4, 0.5) is 5.69 Å². The third-order valence-corrected chi connectivity index (χ3v) is 5.64. The summed E-state index contributed by atoms with van der Waals surface area (Å²) in [6.07, 6.45) is 0. The summed E-state index contributed by atoms with van der Waals surface area (Å²) in [7, 11) is 0. The summed E-state index contributed by atoms with van der Waals surface area (Å²) in [6, 6.07) is 12.3. The van der Waals surface area contributed by atoms with E-state index in [2.05, 4.69) is 15.5 Å². The van der Waals surface area contributed by atoms with E-state index in [0.717, 1.165) is 5.75 Å². The maximum Gasteiger partial charge on any atom is 0.234 e. The standard InChI is InChI=1S/C21H22Cl2N4O3S/c1-3-27-19(12-30-18-10-5-14(22)11-17(18)23)25-26-21(27)31-13-20(28)24-15-6-8-16(9-7-15)29-4-2/h5-11H,3-4,12-13H2,1-2H3,(H,24,28). The van der Waals surface area contributed by atoms with Crippen LogP contribution in [0.3, 0.4) is 0 Å². The number of amides is 1. The van der Waals surface area contributed by atoms with Crippen molar-refractivity contribution in [2.75, 3.05) is 17.7 Å². The molecule has 3 rings (SSSR count). The molecule has 7 nitrogen and oxygen atoms in total. The van der Waals surface area contributed by atoms with Crippen molar-refractivity contribution in [1.82, 2.24) is 14.8 Å². The van der Waals surface area contributed by atoms with Gasteiger partial charge in [0.2, 0.25) is 5.91 Å². The summed E-state index contributed by atoms with van der Waals surface area (Å²) in [5, 5.41) is 12.9. The van der Waals surface area contributed by atoms with Gasteiger partial charge in [0, 0.05) is 17.3 Å². The van der Waals surface area contributed by atoms with Crippen molar-refractivity contribution in [3.8, 4) is 11.5 Å². The second kappa shape index (κ2) is 11.3. The van der Waals surface area contributed by atoms with Crippen LogP contribution in [-0.4, -0.2) is 33.0 Å². The average Bonchev–Trinajstić information content (AvgIpc) is 3.15. The maximum absolute atomic E-state index is 12.3. The first-order valence-corrected chi connectivity index (χ1v) is 11.4. The Balaban J connectivity index is 1.55. The summed E-state index contributed by atoms with van der Waals surface area (Å²) < 4.78 is 13.1. The average molecular weight is 481 g/mol. The van der Waals surface area contributed by atoms with E-state index in [1.165, 1.54) is 11.8 Å². The van der Waals surface area contributed by atoms with Gasteiger partial charge >= 0.3 is 0 Å². The van der Waals surface area contributed by atoms with E-state index in [1.807, 2.05) is 30.5 Å². The van der Waals surface area contributed by atoms with Gasteiger partial charge in [0.25, 0.3) is 0 Å². The number of nitrogens with one attached hydrogen (secondary N) is 1. The van der Waals surface area contributed by atoms with Crippen LogP contribution in [0.2, 0.25) is 10.0 Å². The number of nitrogens with zero attached hydrogens (tertiary/aromatic N) is 3. The highest BCUT2D eigenvalue weighted by Crippen LogP contribution is 2.28. The Morgan fingerprint density at radius 2 is 1.87 bits per heavy atom. The molecule has 0 radical (unpaired) electrons. The molecule has 0 saturated carbocycles. The van der Waals surface area contributed by atoms with Crippen molar-refractivity contribution in [1.29, 1.82) is 0 Å². The van der Waals surface area contributed by atoms with Crippen molar-refractivity contribution in [3.63, 3.8) is 0 Å². The Kier molecular flexibility index (Phi) is 8.45. The summed E-state index contributed by atoms with van der Waals surface area (Å²) in [4.78, 5) is 12.3. The Labute approximate surface area is 195 Å². The minimum Gasteiger partial charge on any atom is -0.494 e. The number of halogens is 2. The zero-order valence-electron chi connectivity index (χ0n) is 17.1. The second-order valence-electron chi connectivity index (χ2n) is 6.30. The van der Waals surface area contributed by atoms with Gasteiger partial charge in [-0.1, -0.05) is 35.0 Å². The Hall–Kier alpha value is -2.42. The third-order valence-electron chi connectivity index (χ3n) is 4.14. The van der Waals surface area contributed by atoms with Crippen LogP contribution < -0.4 is 14.8 Å². The van der Waals surface area contributed by atoms with Gasteiger partial charge in [0.15, 0.2) is 11.0 Å². The van der Waals surface area contributed by atoms with E-state index in [-0.39, 0.29) is 18.3 Å². The van der Waals surface area contributed by atoms with Crippen molar-refractivity contribution in [2.24, 2.45) is 0 Å². The molecule has 2 aromatic carbocycles. The highest BCUT2D eigenvalue weighted by molar-refractivity contribution is 7.99. The number of hydrogen-bond donors (Lipinski definition) is 1. The molecular weight excluding hydrogens is 459 g/mol. The minimum atomic E-state index is -0.134. The van der Waals surface area contributed by atoms with Crippen molar-refractivity contribution >= 4 is 46.6 Å². The number of benzene rings is 2. The Morgan fingerprint density at radius 3 is 2.55 bits per heavy atom. The molecule has 164 valence electrons. The van der Waals surface area contributed by atoms with Gasteiger partial charge in [-0.3, -0.25) is 4.79 Å². The topological polar surface area (TPSA) is 78.3 Å². The van der Waals surface area contributed by atoms with Gasteiger partial charge < -0.3 is 19.4 Å². The first kappa shape index (κ1) is 23.2. The molecule has 0 unspecified atom stereocenters. The highest BCUT2D eigenvalue weighted by atomic mass is 35.5. The van der Waals surface area contributed by atoms with E-state index in [0.29, 0.717) is 45.6 Å². The number of aromatic nitrogens is 3. The Morgan fingerprint density at radius 1 is 1.10 bits per heavy atom. The molecular formula is C21H22Cl2N4O3S. The quantitative estimate of drug-likeness (QED) is 0.396. The fraction of sp³-hybridized carbons (Fsp3) is 0.286. The molecule has 0 aliphatic rings. The van der Waals surface area contributed by atoms with Crippen LogP contribution in [0.25, 0.3) is 0 Å². The number of ether oxygens (including phenoxy) is 2. The molecule has 0 aliphatic carbocycles. The highest BCUT2D eigenvalue weighted by Gasteiger charge is 2.14. The fourth-order valence-electron chi connectivity index (χ4n) is 2.71. The van der Waals surface area contributed by atoms with E-state index in [1.54, 1.807) is 30.3 Å². The normalized spacial score (nSPS) is 10.7. The lowest BCUT2D eigenvalue weighted by Gasteiger charge is -2.10. The van der Waals surface area contributed by atoms with Crippen molar-refractivity contribution < 1.29 is 14.3 Å². The van der Waals surface area contributed by atoms with Gasteiger partial charge in [-0.15, -0.1) is 10.2 Å². The maximum atomic E-state index is 12.3. The van der Waals surface area contributed by atoms with Gasteiger partial charge in [0.05, 0.1) is 17.4 Å². The van der Waals surface area contributed by atoms with Gasteiger partial charge in [-0.05, 0) is 56.3 Å². The lowest BCUT2D eigenvalue weighted by Crippen LogP contribution is -2.15. The Bertz CT molecular complexity index is 1030.